The topological polar surface area (TPSA) is 57.9 Å². The minimum Gasteiger partial charge on any atom is -0.436 e. The number of aromatic nitrogens is 1. The van der Waals surface area contributed by atoms with E-state index >= 15 is 0 Å². The molecule has 0 spiro atoms. The Labute approximate surface area is 121 Å². The molecule has 108 valence electrons. The number of pyridine rings is 1. The molecule has 0 radical (unpaired) electrons. The molecule has 2 aromatic rings. The van der Waals surface area contributed by atoms with E-state index in [9.17, 15) is 8.78 Å². The molecule has 4 nitrogen and oxygen atoms in total. The zero-order valence-corrected chi connectivity index (χ0v) is 11.4. The molecular weight excluding hydrogens is 276 g/mol. The lowest BCUT2D eigenvalue weighted by Gasteiger charge is -2.10. The van der Waals surface area contributed by atoms with Crippen LogP contribution >= 0.6 is 0 Å². The number of nitriles is 1. The van der Waals surface area contributed by atoms with Gasteiger partial charge < -0.3 is 10.1 Å². The van der Waals surface area contributed by atoms with Crippen molar-refractivity contribution in [2.24, 2.45) is 0 Å². The summed E-state index contributed by atoms with van der Waals surface area (Å²) in [5.41, 5.74) is 0.374. The molecule has 0 atom stereocenters. The summed E-state index contributed by atoms with van der Waals surface area (Å²) in [5, 5.41) is 11.6. The van der Waals surface area contributed by atoms with Gasteiger partial charge in [-0.25, -0.2) is 8.78 Å². The lowest BCUT2D eigenvalue weighted by atomic mass is 10.2. The minimum atomic E-state index is -0.906. The van der Waals surface area contributed by atoms with Gasteiger partial charge in [0.15, 0.2) is 17.5 Å². The molecule has 0 aliphatic carbocycles. The lowest BCUT2D eigenvalue weighted by Crippen LogP contribution is -2.06. The minimum absolute atomic E-state index is 0.0651. The van der Waals surface area contributed by atoms with Crippen LogP contribution in [-0.4, -0.2) is 11.5 Å². The molecule has 6 heteroatoms. The Morgan fingerprint density at radius 3 is 2.81 bits per heavy atom. The monoisotopic (exact) mass is 289 g/mol. The van der Waals surface area contributed by atoms with Crippen LogP contribution in [0, 0.1) is 23.0 Å². The SMILES string of the molecule is CCCNc1nc(Oc2cccc(C#N)c2)c(F)cc1F. The van der Waals surface area contributed by atoms with Crippen molar-refractivity contribution >= 4 is 5.82 Å². The van der Waals surface area contributed by atoms with E-state index in [1.54, 1.807) is 18.2 Å². The van der Waals surface area contributed by atoms with Gasteiger partial charge in [0.25, 0.3) is 5.88 Å². The summed E-state index contributed by atoms with van der Waals surface area (Å²) in [6, 6.07) is 8.87. The molecule has 2 rings (SSSR count). The largest absolute Gasteiger partial charge is 0.436 e. The highest BCUT2D eigenvalue weighted by Crippen LogP contribution is 2.26. The predicted octanol–water partition coefficient (Wildman–Crippen LogP) is 3.85. The summed E-state index contributed by atoms with van der Waals surface area (Å²) in [6.07, 6.45) is 0.777. The quantitative estimate of drug-likeness (QED) is 0.908. The summed E-state index contributed by atoms with van der Waals surface area (Å²) >= 11 is 0. The average Bonchev–Trinajstić information content (AvgIpc) is 2.49. The van der Waals surface area contributed by atoms with Crippen LogP contribution in [0.1, 0.15) is 18.9 Å². The number of anilines is 1. The highest BCUT2D eigenvalue weighted by atomic mass is 19.1. The van der Waals surface area contributed by atoms with Gasteiger partial charge in [-0.05, 0) is 24.6 Å². The number of hydrogen-bond acceptors (Lipinski definition) is 4. The van der Waals surface area contributed by atoms with Crippen molar-refractivity contribution < 1.29 is 13.5 Å². The van der Waals surface area contributed by atoms with Crippen molar-refractivity contribution in [3.8, 4) is 17.7 Å². The van der Waals surface area contributed by atoms with E-state index in [0.717, 1.165) is 6.42 Å². The Hall–Kier alpha value is -2.68. The van der Waals surface area contributed by atoms with E-state index in [2.05, 4.69) is 10.3 Å². The third kappa shape index (κ3) is 3.66. The van der Waals surface area contributed by atoms with Crippen LogP contribution in [0.4, 0.5) is 14.6 Å². The Balaban J connectivity index is 2.28. The van der Waals surface area contributed by atoms with E-state index in [1.807, 2.05) is 13.0 Å². The summed E-state index contributed by atoms with van der Waals surface area (Å²) < 4.78 is 32.5. The zero-order valence-electron chi connectivity index (χ0n) is 11.4. The van der Waals surface area contributed by atoms with Crippen molar-refractivity contribution in [2.75, 3.05) is 11.9 Å². The van der Waals surface area contributed by atoms with Crippen molar-refractivity contribution in [3.05, 3.63) is 47.5 Å². The first-order chi connectivity index (χ1) is 10.1. The average molecular weight is 289 g/mol. The van der Waals surface area contributed by atoms with Gasteiger partial charge in [-0.2, -0.15) is 10.2 Å². The number of benzene rings is 1. The summed E-state index contributed by atoms with van der Waals surface area (Å²) in [7, 11) is 0. The molecular formula is C15H13F2N3O. The fourth-order valence-electron chi connectivity index (χ4n) is 1.63. The van der Waals surface area contributed by atoms with Crippen molar-refractivity contribution in [3.63, 3.8) is 0 Å². The Morgan fingerprint density at radius 2 is 2.10 bits per heavy atom. The van der Waals surface area contributed by atoms with Gasteiger partial charge in [0.05, 0.1) is 11.6 Å². The molecule has 1 aromatic carbocycles. The van der Waals surface area contributed by atoms with Crippen LogP contribution in [0.2, 0.25) is 0 Å². The highest BCUT2D eigenvalue weighted by Gasteiger charge is 2.13. The first kappa shape index (κ1) is 14.7. The van der Waals surface area contributed by atoms with E-state index in [4.69, 9.17) is 10.00 Å². The molecule has 0 bridgehead atoms. The van der Waals surface area contributed by atoms with Gasteiger partial charge in [0.1, 0.15) is 5.75 Å². The Kier molecular flexibility index (Phi) is 4.67. The maximum Gasteiger partial charge on any atom is 0.258 e. The van der Waals surface area contributed by atoms with Gasteiger partial charge >= 0.3 is 0 Å². The van der Waals surface area contributed by atoms with Gasteiger partial charge in [-0.3, -0.25) is 0 Å². The fraction of sp³-hybridized carbons (Fsp3) is 0.200. The highest BCUT2D eigenvalue weighted by molar-refractivity contribution is 5.42. The molecule has 0 fully saturated rings. The van der Waals surface area contributed by atoms with Crippen LogP contribution in [-0.2, 0) is 0 Å². The number of ether oxygens (including phenoxy) is 1. The van der Waals surface area contributed by atoms with E-state index in [-0.39, 0.29) is 17.4 Å². The standard InChI is InChI=1S/C15H13F2N3O/c1-2-6-19-14-12(16)8-13(17)15(20-14)21-11-5-3-4-10(7-11)9-18/h3-5,7-8H,2,6H2,1H3,(H,19,20). The molecule has 21 heavy (non-hydrogen) atoms. The summed E-state index contributed by atoms with van der Waals surface area (Å²) in [5.74, 6) is -1.83. The van der Waals surface area contributed by atoms with Crippen LogP contribution in [0.25, 0.3) is 0 Å². The third-order valence-electron chi connectivity index (χ3n) is 2.62. The number of rotatable bonds is 5. The van der Waals surface area contributed by atoms with E-state index in [0.29, 0.717) is 18.2 Å². The van der Waals surface area contributed by atoms with Crippen LogP contribution in [0.3, 0.4) is 0 Å². The van der Waals surface area contributed by atoms with Crippen molar-refractivity contribution in [2.45, 2.75) is 13.3 Å². The predicted molar refractivity (Wildman–Crippen MR) is 74.2 cm³/mol. The molecule has 0 aliphatic rings. The van der Waals surface area contributed by atoms with Crippen LogP contribution in [0.15, 0.2) is 30.3 Å². The maximum atomic E-state index is 13.7. The molecule has 1 N–H and O–H groups in total. The smallest absolute Gasteiger partial charge is 0.258 e. The number of nitrogens with one attached hydrogen (secondary N) is 1. The van der Waals surface area contributed by atoms with Crippen LogP contribution < -0.4 is 10.1 Å². The second-order valence-corrected chi connectivity index (χ2v) is 4.27. The van der Waals surface area contributed by atoms with Crippen molar-refractivity contribution in [1.82, 2.24) is 4.98 Å². The molecule has 1 heterocycles. The number of hydrogen-bond donors (Lipinski definition) is 1. The molecule has 0 saturated carbocycles. The van der Waals surface area contributed by atoms with Gasteiger partial charge in [-0.15, -0.1) is 0 Å². The normalized spacial score (nSPS) is 10.0. The van der Waals surface area contributed by atoms with Gasteiger partial charge in [-0.1, -0.05) is 13.0 Å². The fourth-order valence-corrected chi connectivity index (χ4v) is 1.63. The molecule has 0 saturated heterocycles. The number of nitrogens with zero attached hydrogens (tertiary/aromatic N) is 2. The lowest BCUT2D eigenvalue weighted by molar-refractivity contribution is 0.418. The van der Waals surface area contributed by atoms with Crippen LogP contribution in [0.5, 0.6) is 11.6 Å². The van der Waals surface area contributed by atoms with Gasteiger partial charge in [0.2, 0.25) is 0 Å². The first-order valence-electron chi connectivity index (χ1n) is 6.42. The molecule has 0 unspecified atom stereocenters. The Bertz CT molecular complexity index is 683. The molecule has 0 amide bonds. The van der Waals surface area contributed by atoms with Gasteiger partial charge in [0, 0.05) is 12.6 Å². The molecule has 0 aliphatic heterocycles. The van der Waals surface area contributed by atoms with E-state index < -0.39 is 11.6 Å². The number of halogens is 2. The van der Waals surface area contributed by atoms with E-state index in [1.165, 1.54) is 6.07 Å². The third-order valence-corrected chi connectivity index (χ3v) is 2.62. The zero-order chi connectivity index (χ0) is 15.2. The molecule has 1 aromatic heterocycles. The summed E-state index contributed by atoms with van der Waals surface area (Å²) in [6.45, 7) is 2.43. The first-order valence-corrected chi connectivity index (χ1v) is 6.42. The van der Waals surface area contributed by atoms with Crippen molar-refractivity contribution in [1.29, 1.82) is 5.26 Å². The summed E-state index contributed by atoms with van der Waals surface area (Å²) in [4.78, 5) is 3.79. The Morgan fingerprint density at radius 1 is 1.29 bits per heavy atom. The maximum absolute atomic E-state index is 13.7. The second kappa shape index (κ2) is 6.66. The second-order valence-electron chi connectivity index (χ2n) is 4.27.